The third-order valence-corrected chi connectivity index (χ3v) is 5.36. The Morgan fingerprint density at radius 1 is 1.11 bits per heavy atom. The van der Waals surface area contributed by atoms with Gasteiger partial charge < -0.3 is 14.2 Å². The number of imidazole rings is 1. The predicted octanol–water partition coefficient (Wildman–Crippen LogP) is 4.48. The first kappa shape index (κ1) is 22.5. The summed E-state index contributed by atoms with van der Waals surface area (Å²) in [7, 11) is 0. The summed E-state index contributed by atoms with van der Waals surface area (Å²) < 4.78 is 3.71. The van der Waals surface area contributed by atoms with E-state index in [1.165, 1.54) is 0 Å². The number of fused-ring (bicyclic) bond motifs is 1. The molecule has 0 saturated heterocycles. The van der Waals surface area contributed by atoms with E-state index < -0.39 is 0 Å². The van der Waals surface area contributed by atoms with Crippen LogP contribution in [0.1, 0.15) is 75.1 Å². The number of aryl methyl sites for hydroxylation is 1. The van der Waals surface area contributed by atoms with Crippen LogP contribution in [0, 0.1) is 5.41 Å². The van der Waals surface area contributed by atoms with Gasteiger partial charge in [-0.05, 0) is 35.8 Å². The van der Waals surface area contributed by atoms with E-state index in [0.717, 1.165) is 36.2 Å². The van der Waals surface area contributed by atoms with Crippen molar-refractivity contribution in [3.8, 4) is 5.75 Å². The third kappa shape index (κ3) is 4.12. The van der Waals surface area contributed by atoms with E-state index in [-0.39, 0.29) is 45.9 Å². The topological polar surface area (TPSA) is 71.0 Å². The molecular weight excluding hydrogens is 418 g/mol. The van der Waals surface area contributed by atoms with Gasteiger partial charge in [-0.2, -0.15) is 0 Å². The molecule has 0 fully saturated rings. The molecule has 1 aliphatic heterocycles. The SMILES string of the molecule is Br.CC(C)(C)c1cc(C(=O)Cn2cc3n(c2=N)CCC3)cc(C(C)(C)C)c1O. The Hall–Kier alpha value is -1.82. The summed E-state index contributed by atoms with van der Waals surface area (Å²) in [6.07, 6.45) is 3.97. The Morgan fingerprint density at radius 2 is 1.64 bits per heavy atom. The van der Waals surface area contributed by atoms with E-state index in [9.17, 15) is 9.90 Å². The van der Waals surface area contributed by atoms with Gasteiger partial charge in [0.2, 0.25) is 5.62 Å². The van der Waals surface area contributed by atoms with Crippen molar-refractivity contribution < 1.29 is 9.90 Å². The fourth-order valence-electron chi connectivity index (χ4n) is 3.77. The second-order valence-electron chi connectivity index (χ2n) is 9.67. The van der Waals surface area contributed by atoms with Gasteiger partial charge in [-0.3, -0.25) is 10.2 Å². The fraction of sp³-hybridized carbons (Fsp3) is 0.545. The number of hydrogen-bond acceptors (Lipinski definition) is 3. The lowest BCUT2D eigenvalue weighted by atomic mass is 9.78. The number of nitrogens with zero attached hydrogens (tertiary/aromatic N) is 2. The van der Waals surface area contributed by atoms with Crippen LogP contribution in [0.15, 0.2) is 18.3 Å². The van der Waals surface area contributed by atoms with Gasteiger partial charge in [-0.25, -0.2) is 0 Å². The van der Waals surface area contributed by atoms with Crippen LogP contribution in [-0.4, -0.2) is 20.0 Å². The summed E-state index contributed by atoms with van der Waals surface area (Å²) in [5.41, 5.74) is 3.14. The summed E-state index contributed by atoms with van der Waals surface area (Å²) >= 11 is 0. The van der Waals surface area contributed by atoms with Gasteiger partial charge in [-0.15, -0.1) is 17.0 Å². The van der Waals surface area contributed by atoms with E-state index in [0.29, 0.717) is 11.2 Å². The standard InChI is InChI=1S/C22H31N3O2.BrH/c1-21(2,3)16-10-14(11-17(19(16)27)22(4,5)6)18(26)13-24-12-15-8-7-9-25(15)20(24)23;/h10-12,23,27H,7-9,13H2,1-6H3;1H. The molecule has 2 aromatic rings. The lowest BCUT2D eigenvalue weighted by Crippen LogP contribution is -2.27. The molecule has 0 radical (unpaired) electrons. The van der Waals surface area contributed by atoms with Crippen molar-refractivity contribution in [1.29, 1.82) is 5.41 Å². The largest absolute Gasteiger partial charge is 0.507 e. The number of aromatic hydroxyl groups is 1. The van der Waals surface area contributed by atoms with Crippen molar-refractivity contribution in [2.24, 2.45) is 0 Å². The molecule has 1 aromatic heterocycles. The third-order valence-electron chi connectivity index (χ3n) is 5.36. The van der Waals surface area contributed by atoms with Crippen molar-refractivity contribution >= 4 is 22.8 Å². The second-order valence-corrected chi connectivity index (χ2v) is 9.67. The number of carbonyl (C=O) groups excluding carboxylic acids is 1. The van der Waals surface area contributed by atoms with Crippen LogP contribution >= 0.6 is 17.0 Å². The predicted molar refractivity (Wildman–Crippen MR) is 117 cm³/mol. The Kier molecular flexibility index (Phi) is 6.05. The van der Waals surface area contributed by atoms with Gasteiger partial charge in [0, 0.05) is 35.1 Å². The number of phenols is 1. The summed E-state index contributed by atoms with van der Waals surface area (Å²) in [6.45, 7) is 13.2. The van der Waals surface area contributed by atoms with E-state index in [1.807, 2.05) is 64.4 Å². The lowest BCUT2D eigenvalue weighted by Gasteiger charge is -2.28. The monoisotopic (exact) mass is 449 g/mol. The molecule has 5 nitrogen and oxygen atoms in total. The van der Waals surface area contributed by atoms with E-state index in [2.05, 4.69) is 0 Å². The highest BCUT2D eigenvalue weighted by Crippen LogP contribution is 2.39. The molecule has 0 atom stereocenters. The minimum absolute atomic E-state index is 0. The van der Waals surface area contributed by atoms with Gasteiger partial charge in [-0.1, -0.05) is 41.5 Å². The molecule has 0 bridgehead atoms. The highest BCUT2D eigenvalue weighted by molar-refractivity contribution is 8.93. The zero-order chi connectivity index (χ0) is 20.1. The average molecular weight is 450 g/mol. The second kappa shape index (κ2) is 7.54. The molecule has 154 valence electrons. The zero-order valence-corrected chi connectivity index (χ0v) is 19.4. The van der Waals surface area contributed by atoms with Crippen molar-refractivity contribution in [3.05, 3.63) is 46.3 Å². The number of benzene rings is 1. The summed E-state index contributed by atoms with van der Waals surface area (Å²) in [5, 5.41) is 19.1. The number of carbonyl (C=O) groups is 1. The smallest absolute Gasteiger partial charge is 0.202 e. The first-order chi connectivity index (χ1) is 12.4. The van der Waals surface area contributed by atoms with Crippen molar-refractivity contribution in [2.75, 3.05) is 0 Å². The van der Waals surface area contributed by atoms with Crippen molar-refractivity contribution in [2.45, 2.75) is 78.3 Å². The van der Waals surface area contributed by atoms with Crippen LogP contribution in [0.3, 0.4) is 0 Å². The molecule has 28 heavy (non-hydrogen) atoms. The average Bonchev–Trinajstić information content (AvgIpc) is 3.09. The normalized spacial score (nSPS) is 13.9. The number of nitrogens with one attached hydrogen (secondary N) is 1. The zero-order valence-electron chi connectivity index (χ0n) is 17.7. The number of hydrogen-bond donors (Lipinski definition) is 2. The number of aromatic nitrogens is 2. The molecule has 0 spiro atoms. The maximum absolute atomic E-state index is 13.1. The first-order valence-electron chi connectivity index (χ1n) is 9.64. The molecular formula is C22H32BrN3O2. The van der Waals surface area contributed by atoms with Crippen LogP contribution in [0.25, 0.3) is 0 Å². The van der Waals surface area contributed by atoms with Crippen LogP contribution < -0.4 is 5.62 Å². The number of rotatable bonds is 3. The Morgan fingerprint density at radius 3 is 2.11 bits per heavy atom. The van der Waals surface area contributed by atoms with E-state index in [4.69, 9.17) is 5.41 Å². The molecule has 1 aliphatic rings. The van der Waals surface area contributed by atoms with Crippen LogP contribution in [0.4, 0.5) is 0 Å². The van der Waals surface area contributed by atoms with Crippen molar-refractivity contribution in [1.82, 2.24) is 9.13 Å². The molecule has 0 amide bonds. The molecule has 6 heteroatoms. The molecule has 3 rings (SSSR count). The molecule has 2 heterocycles. The summed E-state index contributed by atoms with van der Waals surface area (Å²) in [4.78, 5) is 13.1. The number of ketones is 1. The molecule has 2 N–H and O–H groups in total. The van der Waals surface area contributed by atoms with E-state index >= 15 is 0 Å². The molecule has 1 aromatic carbocycles. The Bertz CT molecular complexity index is 921. The summed E-state index contributed by atoms with van der Waals surface area (Å²) in [6, 6.07) is 3.64. The molecule has 0 aliphatic carbocycles. The highest BCUT2D eigenvalue weighted by Gasteiger charge is 2.28. The van der Waals surface area contributed by atoms with Crippen LogP contribution in [0.5, 0.6) is 5.75 Å². The number of Topliss-reactive ketones (excluding diaryl/α,β-unsaturated/α-hetero) is 1. The number of halogens is 1. The minimum atomic E-state index is -0.272. The van der Waals surface area contributed by atoms with Gasteiger partial charge >= 0.3 is 0 Å². The maximum atomic E-state index is 13.1. The molecule has 0 unspecified atom stereocenters. The van der Waals surface area contributed by atoms with Gasteiger partial charge in [0.25, 0.3) is 0 Å². The highest BCUT2D eigenvalue weighted by atomic mass is 79.9. The van der Waals surface area contributed by atoms with Crippen LogP contribution in [-0.2, 0) is 30.3 Å². The number of phenolic OH excluding ortho intramolecular Hbond substituents is 1. The van der Waals surface area contributed by atoms with Crippen molar-refractivity contribution in [3.63, 3.8) is 0 Å². The summed E-state index contributed by atoms with van der Waals surface area (Å²) in [5.74, 6) is 0.247. The van der Waals surface area contributed by atoms with Gasteiger partial charge in [0.1, 0.15) is 5.75 Å². The van der Waals surface area contributed by atoms with Gasteiger partial charge in [0.15, 0.2) is 5.78 Å². The molecule has 0 saturated carbocycles. The minimum Gasteiger partial charge on any atom is -0.507 e. The lowest BCUT2D eigenvalue weighted by molar-refractivity contribution is 0.0969. The van der Waals surface area contributed by atoms with Gasteiger partial charge in [0.05, 0.1) is 6.54 Å². The maximum Gasteiger partial charge on any atom is 0.202 e. The first-order valence-corrected chi connectivity index (χ1v) is 9.64. The quantitative estimate of drug-likeness (QED) is 0.678. The fourth-order valence-corrected chi connectivity index (χ4v) is 3.77. The van der Waals surface area contributed by atoms with Crippen LogP contribution in [0.2, 0.25) is 0 Å². The Balaban J connectivity index is 0.00000280. The Labute approximate surface area is 177 Å². The van der Waals surface area contributed by atoms with E-state index in [1.54, 1.807) is 4.57 Å².